The summed E-state index contributed by atoms with van der Waals surface area (Å²) in [5, 5.41) is 0. The Bertz CT molecular complexity index is 1130. The van der Waals surface area contributed by atoms with Gasteiger partial charge in [0.15, 0.2) is 0 Å². The number of hydrogen-bond donors (Lipinski definition) is 1. The summed E-state index contributed by atoms with van der Waals surface area (Å²) in [4.78, 5) is 40.0. The summed E-state index contributed by atoms with van der Waals surface area (Å²) < 4.78 is 6.46. The molecule has 0 spiro atoms. The second kappa shape index (κ2) is 6.60. The van der Waals surface area contributed by atoms with Crippen LogP contribution in [-0.2, 0) is 13.1 Å². The first-order chi connectivity index (χ1) is 13.0. The third-order valence-electron chi connectivity index (χ3n) is 4.61. The van der Waals surface area contributed by atoms with Gasteiger partial charge in [0.2, 0.25) is 0 Å². The lowest BCUT2D eigenvalue weighted by molar-refractivity contribution is 0.0766. The van der Waals surface area contributed by atoms with E-state index in [4.69, 9.17) is 4.74 Å². The van der Waals surface area contributed by atoms with Crippen molar-refractivity contribution in [3.63, 3.8) is 0 Å². The van der Waals surface area contributed by atoms with E-state index < -0.39 is 11.2 Å². The van der Waals surface area contributed by atoms with E-state index in [1.54, 1.807) is 24.1 Å². The molecule has 0 atom stereocenters. The molecule has 3 aromatic rings. The summed E-state index contributed by atoms with van der Waals surface area (Å²) >= 11 is 0. The van der Waals surface area contributed by atoms with Gasteiger partial charge >= 0.3 is 5.69 Å². The van der Waals surface area contributed by atoms with Gasteiger partial charge in [-0.1, -0.05) is 18.2 Å². The van der Waals surface area contributed by atoms with Crippen molar-refractivity contribution >= 4 is 5.91 Å². The Labute approximate surface area is 154 Å². The molecular formula is C20H17N3O4. The molecular weight excluding hydrogens is 346 g/mol. The molecule has 2 heterocycles. The average molecular weight is 363 g/mol. The van der Waals surface area contributed by atoms with Gasteiger partial charge in [0, 0.05) is 30.9 Å². The normalized spacial score (nSPS) is 12.9. The van der Waals surface area contributed by atoms with E-state index in [-0.39, 0.29) is 5.91 Å². The fourth-order valence-electron chi connectivity index (χ4n) is 3.20. The average Bonchev–Trinajstić information content (AvgIpc) is 2.97. The van der Waals surface area contributed by atoms with Crippen LogP contribution in [0.2, 0.25) is 0 Å². The monoisotopic (exact) mass is 363 g/mol. The molecule has 0 bridgehead atoms. The quantitative estimate of drug-likeness (QED) is 0.765. The summed E-state index contributed by atoms with van der Waals surface area (Å²) in [6.07, 6.45) is 1.40. The number of amides is 1. The number of aromatic amines is 1. The van der Waals surface area contributed by atoms with Crippen LogP contribution in [0.1, 0.15) is 21.5 Å². The van der Waals surface area contributed by atoms with Crippen LogP contribution in [0, 0.1) is 0 Å². The van der Waals surface area contributed by atoms with Gasteiger partial charge in [-0.05, 0) is 35.4 Å². The number of benzene rings is 2. The van der Waals surface area contributed by atoms with Gasteiger partial charge in [-0.15, -0.1) is 0 Å². The number of carbonyl (C=O) groups is 1. The number of carbonyl (C=O) groups excluding carboxylic acids is 1. The predicted octanol–water partition coefficient (Wildman–Crippen LogP) is 1.69. The number of nitrogens with one attached hydrogen (secondary N) is 1. The van der Waals surface area contributed by atoms with Crippen molar-refractivity contribution in [2.45, 2.75) is 13.1 Å². The second-order valence-corrected chi connectivity index (χ2v) is 6.33. The Balaban J connectivity index is 1.60. The standard InChI is InChI=1S/C20H17N3O4/c1-27-16-6-2-13(3-7-16)11-22-12-14-4-5-15(10-17(14)19(22)25)23-9-8-18(24)21-20(23)26/h2-10H,11-12H2,1H3,(H,21,24,26). The highest BCUT2D eigenvalue weighted by Gasteiger charge is 2.27. The van der Waals surface area contributed by atoms with E-state index in [2.05, 4.69) is 4.98 Å². The number of rotatable bonds is 4. The number of fused-ring (bicyclic) bond motifs is 1. The molecule has 0 saturated carbocycles. The number of nitrogens with zero attached hydrogens (tertiary/aromatic N) is 2. The topological polar surface area (TPSA) is 84.4 Å². The minimum Gasteiger partial charge on any atom is -0.497 e. The Morgan fingerprint density at radius 3 is 2.52 bits per heavy atom. The fourth-order valence-corrected chi connectivity index (χ4v) is 3.20. The number of ether oxygens (including phenoxy) is 1. The molecule has 0 aliphatic carbocycles. The van der Waals surface area contributed by atoms with Gasteiger partial charge in [0.05, 0.1) is 12.8 Å². The van der Waals surface area contributed by atoms with Gasteiger partial charge < -0.3 is 9.64 Å². The summed E-state index contributed by atoms with van der Waals surface area (Å²) in [6.45, 7) is 1.01. The van der Waals surface area contributed by atoms with Crippen molar-refractivity contribution in [3.8, 4) is 11.4 Å². The molecule has 2 aromatic carbocycles. The molecule has 1 aromatic heterocycles. The van der Waals surface area contributed by atoms with E-state index >= 15 is 0 Å². The SMILES string of the molecule is COc1ccc(CN2Cc3ccc(-n4ccc(=O)[nH]c4=O)cc3C2=O)cc1. The summed E-state index contributed by atoms with van der Waals surface area (Å²) in [7, 11) is 1.61. The van der Waals surface area contributed by atoms with Crippen LogP contribution in [0.5, 0.6) is 5.75 Å². The van der Waals surface area contributed by atoms with E-state index in [0.717, 1.165) is 16.9 Å². The van der Waals surface area contributed by atoms with Crippen LogP contribution in [0.15, 0.2) is 64.3 Å². The number of aromatic nitrogens is 2. The third kappa shape index (κ3) is 3.15. The molecule has 7 heteroatoms. The van der Waals surface area contributed by atoms with Crippen molar-refractivity contribution in [1.82, 2.24) is 14.5 Å². The van der Waals surface area contributed by atoms with Gasteiger partial charge in [-0.25, -0.2) is 4.79 Å². The minimum atomic E-state index is -0.539. The maximum Gasteiger partial charge on any atom is 0.332 e. The maximum absolute atomic E-state index is 12.8. The summed E-state index contributed by atoms with van der Waals surface area (Å²) in [5.74, 6) is 0.686. The zero-order chi connectivity index (χ0) is 19.0. The second-order valence-electron chi connectivity index (χ2n) is 6.33. The molecule has 7 nitrogen and oxygen atoms in total. The van der Waals surface area contributed by atoms with Crippen molar-refractivity contribution < 1.29 is 9.53 Å². The molecule has 1 amide bonds. The molecule has 0 saturated heterocycles. The lowest BCUT2D eigenvalue weighted by Gasteiger charge is -2.15. The first kappa shape index (κ1) is 16.8. The maximum atomic E-state index is 12.8. The smallest absolute Gasteiger partial charge is 0.332 e. The predicted molar refractivity (Wildman–Crippen MR) is 99.2 cm³/mol. The zero-order valence-electron chi connectivity index (χ0n) is 14.6. The van der Waals surface area contributed by atoms with E-state index in [1.165, 1.54) is 16.8 Å². The number of methoxy groups -OCH3 is 1. The van der Waals surface area contributed by atoms with Crippen LogP contribution in [0.4, 0.5) is 0 Å². The highest BCUT2D eigenvalue weighted by Crippen LogP contribution is 2.26. The van der Waals surface area contributed by atoms with Crippen LogP contribution in [-0.4, -0.2) is 27.5 Å². The number of H-pyrrole nitrogens is 1. The van der Waals surface area contributed by atoms with Crippen LogP contribution < -0.4 is 16.0 Å². The van der Waals surface area contributed by atoms with Crippen molar-refractivity contribution in [3.05, 3.63) is 92.3 Å². The Morgan fingerprint density at radius 1 is 1.04 bits per heavy atom. The van der Waals surface area contributed by atoms with E-state index in [0.29, 0.717) is 24.3 Å². The van der Waals surface area contributed by atoms with Gasteiger partial charge in [-0.3, -0.25) is 19.1 Å². The number of hydrogen-bond acceptors (Lipinski definition) is 4. The van der Waals surface area contributed by atoms with Gasteiger partial charge in [-0.2, -0.15) is 0 Å². The van der Waals surface area contributed by atoms with Crippen molar-refractivity contribution in [1.29, 1.82) is 0 Å². The molecule has 0 fully saturated rings. The lowest BCUT2D eigenvalue weighted by Crippen LogP contribution is -2.27. The van der Waals surface area contributed by atoms with Crippen LogP contribution >= 0.6 is 0 Å². The molecule has 136 valence electrons. The Kier molecular flexibility index (Phi) is 4.12. The van der Waals surface area contributed by atoms with Crippen molar-refractivity contribution in [2.24, 2.45) is 0 Å². The lowest BCUT2D eigenvalue weighted by atomic mass is 10.1. The molecule has 0 radical (unpaired) electrons. The highest BCUT2D eigenvalue weighted by atomic mass is 16.5. The Morgan fingerprint density at radius 2 is 1.81 bits per heavy atom. The minimum absolute atomic E-state index is 0.0832. The highest BCUT2D eigenvalue weighted by molar-refractivity contribution is 5.98. The molecule has 1 N–H and O–H groups in total. The first-order valence-corrected chi connectivity index (χ1v) is 8.42. The van der Waals surface area contributed by atoms with Crippen LogP contribution in [0.25, 0.3) is 5.69 Å². The summed E-state index contributed by atoms with van der Waals surface area (Å²) in [6, 6.07) is 14.2. The van der Waals surface area contributed by atoms with E-state index in [1.807, 2.05) is 30.3 Å². The van der Waals surface area contributed by atoms with Crippen LogP contribution in [0.3, 0.4) is 0 Å². The van der Waals surface area contributed by atoms with Gasteiger partial charge in [0.1, 0.15) is 5.75 Å². The molecule has 0 unspecified atom stereocenters. The third-order valence-corrected chi connectivity index (χ3v) is 4.61. The zero-order valence-corrected chi connectivity index (χ0v) is 14.6. The molecule has 27 heavy (non-hydrogen) atoms. The van der Waals surface area contributed by atoms with E-state index in [9.17, 15) is 14.4 Å². The van der Waals surface area contributed by atoms with Gasteiger partial charge in [0.25, 0.3) is 11.5 Å². The summed E-state index contributed by atoms with van der Waals surface area (Å²) in [5.41, 5.74) is 2.03. The molecule has 4 rings (SSSR count). The largest absolute Gasteiger partial charge is 0.497 e. The fraction of sp³-hybridized carbons (Fsp3) is 0.150. The van der Waals surface area contributed by atoms with Crippen molar-refractivity contribution in [2.75, 3.05) is 7.11 Å². The molecule has 1 aliphatic heterocycles. The molecule has 1 aliphatic rings. The first-order valence-electron chi connectivity index (χ1n) is 8.42. The Hall–Kier alpha value is -3.61.